The molecule has 0 aliphatic carbocycles. The Bertz CT molecular complexity index is 604. The van der Waals surface area contributed by atoms with Gasteiger partial charge in [0.2, 0.25) is 0 Å². The van der Waals surface area contributed by atoms with Crippen LogP contribution in [0.15, 0.2) is 42.5 Å². The summed E-state index contributed by atoms with van der Waals surface area (Å²) in [4.78, 5) is 0. The van der Waals surface area contributed by atoms with Crippen molar-refractivity contribution in [2.75, 3.05) is 0 Å². The standard InChI is InChI=1S/C15H13ClF2O2/c1-9(20-11-5-2-4-10(16)8-11)15(19)12-6-3-7-13(17)14(12)18/h2-9,15,19H,1H3. The van der Waals surface area contributed by atoms with Crippen molar-refractivity contribution in [1.29, 1.82) is 0 Å². The van der Waals surface area contributed by atoms with Crippen LogP contribution in [0.2, 0.25) is 5.02 Å². The van der Waals surface area contributed by atoms with Crippen LogP contribution in [0.1, 0.15) is 18.6 Å². The molecule has 0 saturated heterocycles. The van der Waals surface area contributed by atoms with Crippen LogP contribution in [0, 0.1) is 11.6 Å². The highest BCUT2D eigenvalue weighted by atomic mass is 35.5. The van der Waals surface area contributed by atoms with Crippen molar-refractivity contribution in [3.05, 3.63) is 64.7 Å². The minimum atomic E-state index is -1.29. The fraction of sp³-hybridized carbons (Fsp3) is 0.200. The highest BCUT2D eigenvalue weighted by Crippen LogP contribution is 2.26. The zero-order valence-corrected chi connectivity index (χ0v) is 11.4. The Morgan fingerprint density at radius 2 is 1.85 bits per heavy atom. The molecule has 5 heteroatoms. The van der Waals surface area contributed by atoms with Crippen molar-refractivity contribution in [2.24, 2.45) is 0 Å². The number of hydrogen-bond donors (Lipinski definition) is 1. The summed E-state index contributed by atoms with van der Waals surface area (Å²) in [5.74, 6) is -1.63. The van der Waals surface area contributed by atoms with Crippen LogP contribution in [-0.2, 0) is 0 Å². The van der Waals surface area contributed by atoms with Gasteiger partial charge in [-0.25, -0.2) is 8.78 Å². The summed E-state index contributed by atoms with van der Waals surface area (Å²) >= 11 is 5.82. The summed E-state index contributed by atoms with van der Waals surface area (Å²) in [6.45, 7) is 1.57. The average Bonchev–Trinajstić information content (AvgIpc) is 2.41. The molecule has 2 nitrogen and oxygen atoms in total. The van der Waals surface area contributed by atoms with E-state index in [2.05, 4.69) is 0 Å². The molecule has 0 heterocycles. The van der Waals surface area contributed by atoms with Gasteiger partial charge < -0.3 is 9.84 Å². The van der Waals surface area contributed by atoms with Crippen LogP contribution in [0.3, 0.4) is 0 Å². The number of aliphatic hydroxyl groups is 1. The van der Waals surface area contributed by atoms with E-state index < -0.39 is 23.8 Å². The van der Waals surface area contributed by atoms with Gasteiger partial charge in [0.05, 0.1) is 0 Å². The van der Waals surface area contributed by atoms with Gasteiger partial charge in [-0.1, -0.05) is 29.8 Å². The van der Waals surface area contributed by atoms with Crippen molar-refractivity contribution in [2.45, 2.75) is 19.1 Å². The van der Waals surface area contributed by atoms with Crippen LogP contribution >= 0.6 is 11.6 Å². The van der Waals surface area contributed by atoms with Crippen molar-refractivity contribution < 1.29 is 18.6 Å². The topological polar surface area (TPSA) is 29.5 Å². The van der Waals surface area contributed by atoms with Crippen LogP contribution < -0.4 is 4.74 Å². The summed E-state index contributed by atoms with van der Waals surface area (Å²) in [5.41, 5.74) is -0.139. The van der Waals surface area contributed by atoms with Crippen LogP contribution in [0.25, 0.3) is 0 Å². The van der Waals surface area contributed by atoms with E-state index in [0.717, 1.165) is 6.07 Å². The second kappa shape index (κ2) is 6.20. The molecule has 106 valence electrons. The van der Waals surface area contributed by atoms with Crippen molar-refractivity contribution in [3.63, 3.8) is 0 Å². The Balaban J connectivity index is 2.16. The van der Waals surface area contributed by atoms with Gasteiger partial charge in [-0.05, 0) is 31.2 Å². The van der Waals surface area contributed by atoms with Gasteiger partial charge in [0, 0.05) is 10.6 Å². The van der Waals surface area contributed by atoms with Crippen LogP contribution in [-0.4, -0.2) is 11.2 Å². The molecule has 0 aromatic heterocycles. The minimum absolute atomic E-state index is 0.139. The lowest BCUT2D eigenvalue weighted by Crippen LogP contribution is -2.23. The fourth-order valence-corrected chi connectivity index (χ4v) is 2.00. The lowest BCUT2D eigenvalue weighted by atomic mass is 10.0. The van der Waals surface area contributed by atoms with E-state index >= 15 is 0 Å². The minimum Gasteiger partial charge on any atom is -0.488 e. The molecular formula is C15H13ClF2O2. The third kappa shape index (κ3) is 3.26. The second-order valence-corrected chi connectivity index (χ2v) is 4.80. The van der Waals surface area contributed by atoms with E-state index in [9.17, 15) is 13.9 Å². The molecule has 2 atom stereocenters. The smallest absolute Gasteiger partial charge is 0.164 e. The van der Waals surface area contributed by atoms with E-state index in [4.69, 9.17) is 16.3 Å². The first kappa shape index (κ1) is 14.8. The molecule has 0 spiro atoms. The molecule has 20 heavy (non-hydrogen) atoms. The van der Waals surface area contributed by atoms with Gasteiger partial charge in [0.1, 0.15) is 18.0 Å². The first-order valence-electron chi connectivity index (χ1n) is 6.03. The number of aliphatic hydroxyl groups excluding tert-OH is 1. The monoisotopic (exact) mass is 298 g/mol. The number of benzene rings is 2. The van der Waals surface area contributed by atoms with E-state index in [0.29, 0.717) is 10.8 Å². The largest absolute Gasteiger partial charge is 0.488 e. The quantitative estimate of drug-likeness (QED) is 0.920. The first-order chi connectivity index (χ1) is 9.49. The third-order valence-electron chi connectivity index (χ3n) is 2.86. The lowest BCUT2D eigenvalue weighted by Gasteiger charge is -2.21. The van der Waals surface area contributed by atoms with Crippen molar-refractivity contribution in [1.82, 2.24) is 0 Å². The van der Waals surface area contributed by atoms with Gasteiger partial charge in [-0.2, -0.15) is 0 Å². The number of halogens is 3. The summed E-state index contributed by atoms with van der Waals surface area (Å²) in [6, 6.07) is 10.3. The molecule has 0 amide bonds. The molecule has 2 aromatic rings. The Morgan fingerprint density at radius 3 is 2.55 bits per heavy atom. The molecule has 0 aliphatic heterocycles. The van der Waals surface area contributed by atoms with Crippen LogP contribution in [0.5, 0.6) is 5.75 Å². The predicted molar refractivity (Wildman–Crippen MR) is 72.9 cm³/mol. The number of rotatable bonds is 4. The summed E-state index contributed by atoms with van der Waals surface area (Å²) < 4.78 is 32.2. The Labute approximate surface area is 120 Å². The molecule has 2 aromatic carbocycles. The van der Waals surface area contributed by atoms with Gasteiger partial charge in [-0.3, -0.25) is 0 Å². The van der Waals surface area contributed by atoms with E-state index in [1.165, 1.54) is 12.1 Å². The molecule has 0 saturated carbocycles. The zero-order valence-electron chi connectivity index (χ0n) is 10.7. The first-order valence-corrected chi connectivity index (χ1v) is 6.41. The Kier molecular flexibility index (Phi) is 4.57. The summed E-state index contributed by atoms with van der Waals surface area (Å²) in [7, 11) is 0. The second-order valence-electron chi connectivity index (χ2n) is 4.37. The molecule has 2 unspecified atom stereocenters. The molecule has 0 fully saturated rings. The lowest BCUT2D eigenvalue weighted by molar-refractivity contribution is 0.0439. The van der Waals surface area contributed by atoms with Gasteiger partial charge in [0.15, 0.2) is 11.6 Å². The molecular weight excluding hydrogens is 286 g/mol. The van der Waals surface area contributed by atoms with Gasteiger partial charge in [0.25, 0.3) is 0 Å². The van der Waals surface area contributed by atoms with Crippen molar-refractivity contribution >= 4 is 11.6 Å². The maximum absolute atomic E-state index is 13.6. The van der Waals surface area contributed by atoms with Crippen molar-refractivity contribution in [3.8, 4) is 5.75 Å². The number of ether oxygens (including phenoxy) is 1. The Morgan fingerprint density at radius 1 is 1.15 bits per heavy atom. The maximum Gasteiger partial charge on any atom is 0.164 e. The van der Waals surface area contributed by atoms with E-state index in [-0.39, 0.29) is 5.56 Å². The summed E-state index contributed by atoms with van der Waals surface area (Å²) in [5, 5.41) is 10.5. The highest BCUT2D eigenvalue weighted by molar-refractivity contribution is 6.30. The van der Waals surface area contributed by atoms with Crippen LogP contribution in [0.4, 0.5) is 8.78 Å². The molecule has 0 aliphatic rings. The Hall–Kier alpha value is -1.65. The zero-order chi connectivity index (χ0) is 14.7. The van der Waals surface area contributed by atoms with Gasteiger partial charge in [-0.15, -0.1) is 0 Å². The predicted octanol–water partition coefficient (Wildman–Crippen LogP) is 4.12. The van der Waals surface area contributed by atoms with E-state index in [1.54, 1.807) is 31.2 Å². The molecule has 2 rings (SSSR count). The summed E-state index contributed by atoms with van der Waals surface area (Å²) in [6.07, 6.45) is -2.05. The maximum atomic E-state index is 13.6. The fourth-order valence-electron chi connectivity index (χ4n) is 1.82. The van der Waals surface area contributed by atoms with E-state index in [1.807, 2.05) is 0 Å². The van der Waals surface area contributed by atoms with Gasteiger partial charge >= 0.3 is 0 Å². The molecule has 1 N–H and O–H groups in total. The highest BCUT2D eigenvalue weighted by Gasteiger charge is 2.23. The normalized spacial score (nSPS) is 13.8. The molecule has 0 bridgehead atoms. The average molecular weight is 299 g/mol. The third-order valence-corrected chi connectivity index (χ3v) is 3.10. The molecule has 0 radical (unpaired) electrons. The SMILES string of the molecule is CC(Oc1cccc(Cl)c1)C(O)c1cccc(F)c1F. The number of hydrogen-bond acceptors (Lipinski definition) is 2.